The maximum absolute atomic E-state index is 10.4. The second-order valence-electron chi connectivity index (χ2n) is 6.02. The van der Waals surface area contributed by atoms with Crippen molar-refractivity contribution in [2.75, 3.05) is 73.1 Å². The fourth-order valence-electron chi connectivity index (χ4n) is 2.83. The Morgan fingerprint density at radius 3 is 2.67 bits per heavy atom. The van der Waals surface area contributed by atoms with E-state index in [2.05, 4.69) is 25.4 Å². The average molecular weight is 299 g/mol. The number of nitrogens with one attached hydrogen (secondary N) is 2. The summed E-state index contributed by atoms with van der Waals surface area (Å²) in [6.07, 6.45) is 0.807. The highest BCUT2D eigenvalue weighted by atomic mass is 16.5. The Kier molecular flexibility index (Phi) is 6.22. The van der Waals surface area contributed by atoms with E-state index in [4.69, 9.17) is 4.74 Å². The minimum Gasteiger partial charge on any atom is -0.387 e. The molecule has 122 valence electrons. The van der Waals surface area contributed by atoms with Gasteiger partial charge in [-0.2, -0.15) is 0 Å². The van der Waals surface area contributed by atoms with Crippen molar-refractivity contribution in [2.24, 2.45) is 4.99 Å². The summed E-state index contributed by atoms with van der Waals surface area (Å²) in [6, 6.07) is 0. The van der Waals surface area contributed by atoms with Gasteiger partial charge >= 0.3 is 0 Å². The first-order chi connectivity index (χ1) is 10.1. The molecular formula is C14H29N5O2. The molecule has 7 nitrogen and oxygen atoms in total. The molecule has 2 aliphatic rings. The summed E-state index contributed by atoms with van der Waals surface area (Å²) in [7, 11) is 3.79. The maximum atomic E-state index is 10.4. The minimum absolute atomic E-state index is 0.536. The molecule has 0 amide bonds. The molecule has 0 radical (unpaired) electrons. The summed E-state index contributed by atoms with van der Waals surface area (Å²) in [5.41, 5.74) is -0.642. The lowest BCUT2D eigenvalue weighted by Crippen LogP contribution is -2.49. The van der Waals surface area contributed by atoms with Gasteiger partial charge in [-0.15, -0.1) is 0 Å². The highest BCUT2D eigenvalue weighted by Crippen LogP contribution is 2.18. The highest BCUT2D eigenvalue weighted by Gasteiger charge is 2.34. The predicted molar refractivity (Wildman–Crippen MR) is 83.7 cm³/mol. The summed E-state index contributed by atoms with van der Waals surface area (Å²) < 4.78 is 5.33. The fourth-order valence-corrected chi connectivity index (χ4v) is 2.83. The minimum atomic E-state index is -0.642. The second-order valence-corrected chi connectivity index (χ2v) is 6.02. The molecule has 0 saturated carbocycles. The van der Waals surface area contributed by atoms with E-state index < -0.39 is 5.60 Å². The lowest BCUT2D eigenvalue weighted by atomic mass is 10.0. The normalized spacial score (nSPS) is 28.8. The van der Waals surface area contributed by atoms with Gasteiger partial charge < -0.3 is 25.4 Å². The van der Waals surface area contributed by atoms with Crippen molar-refractivity contribution in [3.05, 3.63) is 0 Å². The van der Waals surface area contributed by atoms with Crippen molar-refractivity contribution in [1.82, 2.24) is 20.4 Å². The first-order valence-electron chi connectivity index (χ1n) is 7.77. The largest absolute Gasteiger partial charge is 0.387 e. The number of hydrogen-bond acceptors (Lipinski definition) is 5. The molecule has 0 aromatic heterocycles. The third kappa shape index (κ3) is 5.43. The number of guanidine groups is 1. The molecule has 0 bridgehead atoms. The Labute approximate surface area is 127 Å². The molecule has 3 N–H and O–H groups in total. The van der Waals surface area contributed by atoms with Crippen LogP contribution in [0, 0.1) is 0 Å². The van der Waals surface area contributed by atoms with Crippen molar-refractivity contribution < 1.29 is 9.84 Å². The van der Waals surface area contributed by atoms with E-state index in [1.54, 1.807) is 7.05 Å². The lowest BCUT2D eigenvalue weighted by molar-refractivity contribution is 0.0388. The SMILES string of the molecule is CN=C(NCCN1CCOCC1)NCC1(O)CCN(C)C1. The predicted octanol–water partition coefficient (Wildman–Crippen LogP) is -1.45. The van der Waals surface area contributed by atoms with E-state index in [-0.39, 0.29) is 0 Å². The zero-order chi connectivity index (χ0) is 15.1. The van der Waals surface area contributed by atoms with Crippen LogP contribution in [-0.2, 0) is 4.74 Å². The zero-order valence-corrected chi connectivity index (χ0v) is 13.3. The molecule has 2 rings (SSSR count). The van der Waals surface area contributed by atoms with Crippen molar-refractivity contribution >= 4 is 5.96 Å². The molecule has 0 aromatic carbocycles. The number of morpholine rings is 1. The van der Waals surface area contributed by atoms with Gasteiger partial charge in [-0.05, 0) is 13.5 Å². The smallest absolute Gasteiger partial charge is 0.191 e. The van der Waals surface area contributed by atoms with E-state index in [0.29, 0.717) is 13.1 Å². The number of likely N-dealkylation sites (N-methyl/N-ethyl adjacent to an activating group) is 1. The summed E-state index contributed by atoms with van der Waals surface area (Å²) >= 11 is 0. The van der Waals surface area contributed by atoms with E-state index >= 15 is 0 Å². The molecule has 21 heavy (non-hydrogen) atoms. The van der Waals surface area contributed by atoms with Crippen LogP contribution in [0.15, 0.2) is 4.99 Å². The van der Waals surface area contributed by atoms with Gasteiger partial charge in [-0.3, -0.25) is 9.89 Å². The molecule has 0 aromatic rings. The number of aliphatic imine (C=N–C) groups is 1. The van der Waals surface area contributed by atoms with E-state index in [1.807, 2.05) is 7.05 Å². The molecule has 0 spiro atoms. The van der Waals surface area contributed by atoms with Crippen LogP contribution in [0.5, 0.6) is 0 Å². The van der Waals surface area contributed by atoms with E-state index in [9.17, 15) is 5.11 Å². The molecule has 1 atom stereocenters. The monoisotopic (exact) mass is 299 g/mol. The van der Waals surface area contributed by atoms with Gasteiger partial charge in [0, 0.05) is 52.9 Å². The van der Waals surface area contributed by atoms with Crippen molar-refractivity contribution in [3.8, 4) is 0 Å². The van der Waals surface area contributed by atoms with Gasteiger partial charge in [-0.25, -0.2) is 0 Å². The average Bonchev–Trinajstić information content (AvgIpc) is 2.83. The van der Waals surface area contributed by atoms with Gasteiger partial charge in [0.05, 0.1) is 18.8 Å². The van der Waals surface area contributed by atoms with Crippen LogP contribution in [0.2, 0.25) is 0 Å². The standard InChI is InChI=1S/C14H29N5O2/c1-15-13(16-4-6-19-7-9-21-10-8-19)17-11-14(20)3-5-18(2)12-14/h20H,3-12H2,1-2H3,(H2,15,16,17). The van der Waals surface area contributed by atoms with E-state index in [0.717, 1.165) is 58.3 Å². The number of aliphatic hydroxyl groups is 1. The summed E-state index contributed by atoms with van der Waals surface area (Å²) in [5, 5.41) is 17.0. The second kappa shape index (κ2) is 7.93. The number of hydrogen-bond donors (Lipinski definition) is 3. The van der Waals surface area contributed by atoms with Crippen LogP contribution >= 0.6 is 0 Å². The van der Waals surface area contributed by atoms with Gasteiger partial charge in [-0.1, -0.05) is 0 Å². The van der Waals surface area contributed by atoms with Crippen LogP contribution in [0.4, 0.5) is 0 Å². The molecule has 7 heteroatoms. The van der Waals surface area contributed by atoms with Crippen molar-refractivity contribution in [3.63, 3.8) is 0 Å². The zero-order valence-electron chi connectivity index (χ0n) is 13.3. The Morgan fingerprint density at radius 2 is 2.05 bits per heavy atom. The molecule has 2 saturated heterocycles. The summed E-state index contributed by atoms with van der Waals surface area (Å²) in [5.74, 6) is 0.756. The molecule has 2 aliphatic heterocycles. The molecule has 1 unspecified atom stereocenters. The maximum Gasteiger partial charge on any atom is 0.191 e. The topological polar surface area (TPSA) is 72.4 Å². The van der Waals surface area contributed by atoms with Gasteiger partial charge in [0.2, 0.25) is 0 Å². The number of ether oxygens (including phenoxy) is 1. The third-order valence-corrected chi connectivity index (χ3v) is 4.16. The Balaban J connectivity index is 1.64. The van der Waals surface area contributed by atoms with Gasteiger partial charge in [0.1, 0.15) is 0 Å². The van der Waals surface area contributed by atoms with Crippen molar-refractivity contribution in [1.29, 1.82) is 0 Å². The fraction of sp³-hybridized carbons (Fsp3) is 0.929. The number of rotatable bonds is 5. The Morgan fingerprint density at radius 1 is 1.29 bits per heavy atom. The van der Waals surface area contributed by atoms with Gasteiger partial charge in [0.15, 0.2) is 5.96 Å². The Hall–Kier alpha value is -0.890. The molecular weight excluding hydrogens is 270 g/mol. The van der Waals surface area contributed by atoms with Crippen LogP contribution < -0.4 is 10.6 Å². The number of likely N-dealkylation sites (tertiary alicyclic amines) is 1. The summed E-state index contributed by atoms with van der Waals surface area (Å²) in [4.78, 5) is 8.74. The first-order valence-corrected chi connectivity index (χ1v) is 7.77. The lowest BCUT2D eigenvalue weighted by Gasteiger charge is -2.27. The third-order valence-electron chi connectivity index (χ3n) is 4.16. The van der Waals surface area contributed by atoms with E-state index in [1.165, 1.54) is 0 Å². The molecule has 0 aliphatic carbocycles. The van der Waals surface area contributed by atoms with Crippen LogP contribution in [-0.4, -0.2) is 99.6 Å². The Bertz CT molecular complexity index is 346. The van der Waals surface area contributed by atoms with Crippen LogP contribution in [0.3, 0.4) is 0 Å². The summed E-state index contributed by atoms with van der Waals surface area (Å²) in [6.45, 7) is 7.68. The van der Waals surface area contributed by atoms with Crippen LogP contribution in [0.25, 0.3) is 0 Å². The van der Waals surface area contributed by atoms with Gasteiger partial charge in [0.25, 0.3) is 0 Å². The highest BCUT2D eigenvalue weighted by molar-refractivity contribution is 5.79. The first kappa shape index (κ1) is 16.5. The van der Waals surface area contributed by atoms with Crippen molar-refractivity contribution in [2.45, 2.75) is 12.0 Å². The molecule has 2 fully saturated rings. The van der Waals surface area contributed by atoms with Crippen LogP contribution in [0.1, 0.15) is 6.42 Å². The number of nitrogens with zero attached hydrogens (tertiary/aromatic N) is 3. The quantitative estimate of drug-likeness (QED) is 0.426. The number of β-amino-alcohol motifs (C(OH)–C–C–N with tert-alkyl or cyclic N) is 1. The molecule has 2 heterocycles.